The monoisotopic (exact) mass is 337 g/mol. The number of piperidine rings is 1. The number of hydrogen-bond acceptors (Lipinski definition) is 5. The Hall–Kier alpha value is -1.30. The number of aliphatic hydroxyl groups is 1. The number of nitrogens with zero attached hydrogens (tertiary/aromatic N) is 1. The van der Waals surface area contributed by atoms with Crippen LogP contribution in [0.15, 0.2) is 24.3 Å². The molecule has 3 atom stereocenters. The highest BCUT2D eigenvalue weighted by Gasteiger charge is 2.26. The first-order chi connectivity index (χ1) is 11.6. The van der Waals surface area contributed by atoms with Crippen molar-refractivity contribution in [1.82, 2.24) is 4.90 Å². The van der Waals surface area contributed by atoms with E-state index in [4.69, 9.17) is 14.2 Å². The molecule has 5 nitrogen and oxygen atoms in total. The molecule has 2 rings (SSSR count). The summed E-state index contributed by atoms with van der Waals surface area (Å²) < 4.78 is 16.4. The van der Waals surface area contributed by atoms with E-state index < -0.39 is 6.10 Å². The Kier molecular flexibility index (Phi) is 7.82. The molecule has 5 heteroatoms. The van der Waals surface area contributed by atoms with Crippen molar-refractivity contribution in [2.24, 2.45) is 0 Å². The molecule has 1 aliphatic heterocycles. The van der Waals surface area contributed by atoms with Gasteiger partial charge in [0, 0.05) is 25.7 Å². The van der Waals surface area contributed by atoms with E-state index in [1.165, 1.54) is 19.3 Å². The highest BCUT2D eigenvalue weighted by atomic mass is 16.5. The Labute approximate surface area is 145 Å². The molecule has 1 aromatic carbocycles. The molecule has 136 valence electrons. The maximum Gasteiger partial charge on any atom is 0.161 e. The molecule has 1 aliphatic rings. The number of aliphatic hydroxyl groups excluding tert-OH is 1. The molecule has 1 aromatic rings. The number of hydrogen-bond donors (Lipinski definition) is 1. The summed E-state index contributed by atoms with van der Waals surface area (Å²) in [6.07, 6.45) is 3.17. The quantitative estimate of drug-likeness (QED) is 0.702. The molecule has 0 spiro atoms. The summed E-state index contributed by atoms with van der Waals surface area (Å²) in [4.78, 5) is 2.39. The molecule has 0 saturated carbocycles. The van der Waals surface area contributed by atoms with Gasteiger partial charge in [-0.15, -0.1) is 0 Å². The van der Waals surface area contributed by atoms with E-state index in [0.29, 0.717) is 43.3 Å². The zero-order valence-electron chi connectivity index (χ0n) is 15.1. The molecule has 24 heavy (non-hydrogen) atoms. The average molecular weight is 337 g/mol. The summed E-state index contributed by atoms with van der Waals surface area (Å²) in [6.45, 7) is 6.39. The fourth-order valence-corrected chi connectivity index (χ4v) is 3.24. The second-order valence-electron chi connectivity index (χ2n) is 6.58. The normalized spacial score (nSPS) is 23.0. The van der Waals surface area contributed by atoms with Crippen molar-refractivity contribution in [3.63, 3.8) is 0 Å². The predicted molar refractivity (Wildman–Crippen MR) is 94.8 cm³/mol. The molecule has 0 aliphatic carbocycles. The molecule has 1 heterocycles. The first-order valence-corrected chi connectivity index (χ1v) is 8.89. The summed E-state index contributed by atoms with van der Waals surface area (Å²) >= 11 is 0. The van der Waals surface area contributed by atoms with Crippen LogP contribution in [0.25, 0.3) is 0 Å². The minimum atomic E-state index is -0.514. The zero-order chi connectivity index (χ0) is 17.4. The van der Waals surface area contributed by atoms with Crippen molar-refractivity contribution in [3.05, 3.63) is 24.3 Å². The Morgan fingerprint density at radius 3 is 2.33 bits per heavy atom. The maximum absolute atomic E-state index is 10.4. The molecule has 3 unspecified atom stereocenters. The van der Waals surface area contributed by atoms with Crippen LogP contribution in [0.3, 0.4) is 0 Å². The molecular formula is C19H31NO4. The van der Waals surface area contributed by atoms with Crippen molar-refractivity contribution in [1.29, 1.82) is 0 Å². The first-order valence-electron chi connectivity index (χ1n) is 8.89. The Bertz CT molecular complexity index is 472. The van der Waals surface area contributed by atoms with E-state index >= 15 is 0 Å². The van der Waals surface area contributed by atoms with Gasteiger partial charge in [0.2, 0.25) is 0 Å². The van der Waals surface area contributed by atoms with Gasteiger partial charge in [-0.2, -0.15) is 0 Å². The van der Waals surface area contributed by atoms with Gasteiger partial charge < -0.3 is 19.3 Å². The van der Waals surface area contributed by atoms with Crippen molar-refractivity contribution in [2.45, 2.75) is 51.3 Å². The number of β-amino-alcohol motifs (C(OH)–C–C–N with tert-alkyl or cyclic N) is 1. The minimum absolute atomic E-state index is 0.264. The lowest BCUT2D eigenvalue weighted by Gasteiger charge is -2.40. The van der Waals surface area contributed by atoms with Gasteiger partial charge in [0.1, 0.15) is 19.3 Å². The van der Waals surface area contributed by atoms with Crippen LogP contribution in [0.2, 0.25) is 0 Å². The number of para-hydroxylation sites is 2. The van der Waals surface area contributed by atoms with Gasteiger partial charge >= 0.3 is 0 Å². The number of likely N-dealkylation sites (tertiary alicyclic amines) is 1. The van der Waals surface area contributed by atoms with Gasteiger partial charge in [-0.1, -0.05) is 18.6 Å². The van der Waals surface area contributed by atoms with Crippen LogP contribution >= 0.6 is 0 Å². The van der Waals surface area contributed by atoms with E-state index in [0.717, 1.165) is 0 Å². The molecule has 0 radical (unpaired) electrons. The van der Waals surface area contributed by atoms with Crippen LogP contribution in [-0.2, 0) is 4.74 Å². The summed E-state index contributed by atoms with van der Waals surface area (Å²) in [5.74, 6) is 1.34. The molecule has 1 fully saturated rings. The first kappa shape index (κ1) is 19.0. The Morgan fingerprint density at radius 1 is 1.08 bits per heavy atom. The van der Waals surface area contributed by atoms with Gasteiger partial charge in [-0.3, -0.25) is 4.90 Å². The zero-order valence-corrected chi connectivity index (χ0v) is 15.1. The van der Waals surface area contributed by atoms with Crippen LogP contribution in [0.4, 0.5) is 0 Å². The number of ether oxygens (including phenoxy) is 3. The van der Waals surface area contributed by atoms with Gasteiger partial charge in [-0.05, 0) is 38.8 Å². The maximum atomic E-state index is 10.4. The second kappa shape index (κ2) is 9.87. The number of rotatable bonds is 9. The SMILES string of the molecule is COCCOc1ccccc1OCC(O)CN1C(C)CCCC1C. The molecule has 0 bridgehead atoms. The topological polar surface area (TPSA) is 51.2 Å². The fraction of sp³-hybridized carbons (Fsp3) is 0.684. The predicted octanol–water partition coefficient (Wildman–Crippen LogP) is 2.71. The Morgan fingerprint density at radius 2 is 1.71 bits per heavy atom. The number of benzene rings is 1. The van der Waals surface area contributed by atoms with E-state index in [2.05, 4.69) is 18.7 Å². The third-order valence-electron chi connectivity index (χ3n) is 4.62. The Balaban J connectivity index is 1.84. The molecule has 1 N–H and O–H groups in total. The van der Waals surface area contributed by atoms with Crippen LogP contribution in [-0.4, -0.2) is 61.7 Å². The van der Waals surface area contributed by atoms with Crippen LogP contribution < -0.4 is 9.47 Å². The highest BCUT2D eigenvalue weighted by molar-refractivity contribution is 5.39. The van der Waals surface area contributed by atoms with Crippen LogP contribution in [0.5, 0.6) is 11.5 Å². The van der Waals surface area contributed by atoms with Crippen LogP contribution in [0.1, 0.15) is 33.1 Å². The molecule has 1 saturated heterocycles. The third-order valence-corrected chi connectivity index (χ3v) is 4.62. The standard InChI is InChI=1S/C19H31NO4/c1-15-7-6-8-16(2)20(15)13-17(21)14-24-19-10-5-4-9-18(19)23-12-11-22-3/h4-5,9-10,15-17,21H,6-8,11-14H2,1-3H3. The second-order valence-corrected chi connectivity index (χ2v) is 6.58. The number of methoxy groups -OCH3 is 1. The minimum Gasteiger partial charge on any atom is -0.487 e. The van der Waals surface area contributed by atoms with E-state index in [1.807, 2.05) is 24.3 Å². The summed E-state index contributed by atoms with van der Waals surface area (Å²) in [7, 11) is 1.64. The average Bonchev–Trinajstić information content (AvgIpc) is 2.58. The van der Waals surface area contributed by atoms with Crippen molar-refractivity contribution < 1.29 is 19.3 Å². The van der Waals surface area contributed by atoms with Crippen molar-refractivity contribution >= 4 is 0 Å². The van der Waals surface area contributed by atoms with Crippen molar-refractivity contribution in [2.75, 3.05) is 33.5 Å². The van der Waals surface area contributed by atoms with E-state index in [9.17, 15) is 5.11 Å². The van der Waals surface area contributed by atoms with E-state index in [1.54, 1.807) is 7.11 Å². The summed E-state index contributed by atoms with van der Waals surface area (Å²) in [5.41, 5.74) is 0. The smallest absolute Gasteiger partial charge is 0.161 e. The van der Waals surface area contributed by atoms with Gasteiger partial charge in [-0.25, -0.2) is 0 Å². The van der Waals surface area contributed by atoms with Gasteiger partial charge in [0.05, 0.1) is 6.61 Å². The summed E-state index contributed by atoms with van der Waals surface area (Å²) in [5, 5.41) is 10.4. The lowest BCUT2D eigenvalue weighted by atomic mass is 9.97. The van der Waals surface area contributed by atoms with Crippen LogP contribution in [0, 0.1) is 0 Å². The molecule has 0 amide bonds. The summed E-state index contributed by atoms with van der Waals surface area (Å²) in [6, 6.07) is 8.58. The lowest BCUT2D eigenvalue weighted by molar-refractivity contribution is 0.0202. The lowest BCUT2D eigenvalue weighted by Crippen LogP contribution is -2.48. The van der Waals surface area contributed by atoms with Crippen molar-refractivity contribution in [3.8, 4) is 11.5 Å². The van der Waals surface area contributed by atoms with E-state index in [-0.39, 0.29) is 6.61 Å². The third kappa shape index (κ3) is 5.65. The largest absolute Gasteiger partial charge is 0.487 e. The van der Waals surface area contributed by atoms with Gasteiger partial charge in [0.25, 0.3) is 0 Å². The highest BCUT2D eigenvalue weighted by Crippen LogP contribution is 2.27. The fourth-order valence-electron chi connectivity index (χ4n) is 3.24. The van der Waals surface area contributed by atoms with Gasteiger partial charge in [0.15, 0.2) is 11.5 Å². The molecule has 0 aromatic heterocycles. The molecular weight excluding hydrogens is 306 g/mol.